The Bertz CT molecular complexity index is 581. The Morgan fingerprint density at radius 3 is 2.62 bits per heavy atom. The molecule has 114 valence electrons. The van der Waals surface area contributed by atoms with Crippen molar-refractivity contribution in [2.24, 2.45) is 0 Å². The fourth-order valence-corrected chi connectivity index (χ4v) is 2.23. The fraction of sp³-hybridized carbons (Fsp3) is 0.467. The van der Waals surface area contributed by atoms with Gasteiger partial charge in [0.2, 0.25) is 0 Å². The van der Waals surface area contributed by atoms with Crippen LogP contribution in [0.3, 0.4) is 0 Å². The largest absolute Gasteiger partial charge is 0.478 e. The maximum Gasteiger partial charge on any atom is 0.335 e. The van der Waals surface area contributed by atoms with Gasteiger partial charge in [0.25, 0.3) is 5.91 Å². The number of amides is 1. The van der Waals surface area contributed by atoms with Crippen molar-refractivity contribution in [1.29, 1.82) is 0 Å². The molecule has 1 heterocycles. The van der Waals surface area contributed by atoms with Crippen LogP contribution in [0.25, 0.3) is 0 Å². The molecule has 0 spiro atoms. The van der Waals surface area contributed by atoms with Crippen LogP contribution in [0.1, 0.15) is 24.2 Å². The molecule has 0 aliphatic carbocycles. The lowest BCUT2D eigenvalue weighted by Crippen LogP contribution is -2.53. The second kappa shape index (κ2) is 5.37. The summed E-state index contributed by atoms with van der Waals surface area (Å²) in [6.07, 6.45) is 0. The number of aromatic carboxylic acids is 1. The number of anilines is 1. The summed E-state index contributed by atoms with van der Waals surface area (Å²) < 4.78 is 5.69. The second-order valence-electron chi connectivity index (χ2n) is 5.86. The van der Waals surface area contributed by atoms with Crippen LogP contribution in [0, 0.1) is 0 Å². The minimum absolute atomic E-state index is 0.125. The summed E-state index contributed by atoms with van der Waals surface area (Å²) in [4.78, 5) is 27.2. The third-order valence-corrected chi connectivity index (χ3v) is 3.39. The molecule has 6 heteroatoms. The molecule has 1 aliphatic rings. The van der Waals surface area contributed by atoms with Crippen molar-refractivity contribution in [2.45, 2.75) is 19.4 Å². The molecule has 0 aromatic heterocycles. The predicted octanol–water partition coefficient (Wildman–Crippen LogP) is 1.45. The minimum Gasteiger partial charge on any atom is -0.478 e. The number of carbonyl (C=O) groups excluding carboxylic acids is 1. The monoisotopic (exact) mass is 292 g/mol. The topological polar surface area (TPSA) is 70.1 Å². The number of fused-ring (bicyclic) bond motifs is 1. The van der Waals surface area contributed by atoms with E-state index in [1.807, 2.05) is 19.0 Å². The fourth-order valence-electron chi connectivity index (χ4n) is 2.23. The number of carbonyl (C=O) groups is 2. The molecule has 1 aromatic rings. The molecule has 0 radical (unpaired) electrons. The van der Waals surface area contributed by atoms with Crippen LogP contribution in [0.15, 0.2) is 18.2 Å². The van der Waals surface area contributed by atoms with Gasteiger partial charge in [-0.15, -0.1) is 0 Å². The van der Waals surface area contributed by atoms with E-state index in [9.17, 15) is 9.59 Å². The smallest absolute Gasteiger partial charge is 0.335 e. The van der Waals surface area contributed by atoms with E-state index in [1.54, 1.807) is 24.8 Å². The predicted molar refractivity (Wildman–Crippen MR) is 79.0 cm³/mol. The van der Waals surface area contributed by atoms with E-state index in [-0.39, 0.29) is 11.5 Å². The highest BCUT2D eigenvalue weighted by Crippen LogP contribution is 2.38. The van der Waals surface area contributed by atoms with Crippen molar-refractivity contribution in [1.82, 2.24) is 4.90 Å². The zero-order chi connectivity index (χ0) is 15.8. The summed E-state index contributed by atoms with van der Waals surface area (Å²) >= 11 is 0. The zero-order valence-corrected chi connectivity index (χ0v) is 12.7. The molecule has 1 amide bonds. The molecule has 0 unspecified atom stereocenters. The highest BCUT2D eigenvalue weighted by atomic mass is 16.5. The number of carboxylic acids is 1. The van der Waals surface area contributed by atoms with Gasteiger partial charge in [-0.2, -0.15) is 0 Å². The van der Waals surface area contributed by atoms with Gasteiger partial charge < -0.3 is 19.6 Å². The first-order chi connectivity index (χ1) is 9.72. The van der Waals surface area contributed by atoms with Crippen LogP contribution in [-0.2, 0) is 4.79 Å². The normalized spacial score (nSPS) is 16.6. The lowest BCUT2D eigenvalue weighted by Gasteiger charge is -2.39. The van der Waals surface area contributed by atoms with Crippen molar-refractivity contribution in [3.05, 3.63) is 23.8 Å². The molecule has 2 rings (SSSR count). The van der Waals surface area contributed by atoms with Gasteiger partial charge in [0, 0.05) is 13.1 Å². The molecule has 0 saturated carbocycles. The zero-order valence-electron chi connectivity index (χ0n) is 12.7. The lowest BCUT2D eigenvalue weighted by molar-refractivity contribution is -0.132. The van der Waals surface area contributed by atoms with Crippen molar-refractivity contribution in [3.8, 4) is 5.75 Å². The first-order valence-corrected chi connectivity index (χ1v) is 6.75. The Labute approximate surface area is 123 Å². The van der Waals surface area contributed by atoms with E-state index in [2.05, 4.69) is 0 Å². The Hall–Kier alpha value is -2.08. The molecular formula is C15H20N2O4. The molecule has 0 saturated heterocycles. The van der Waals surface area contributed by atoms with Crippen LogP contribution in [-0.4, -0.2) is 54.7 Å². The van der Waals surface area contributed by atoms with Crippen LogP contribution in [0.4, 0.5) is 5.69 Å². The van der Waals surface area contributed by atoms with Crippen LogP contribution >= 0.6 is 0 Å². The summed E-state index contributed by atoms with van der Waals surface area (Å²) in [7, 11) is 3.87. The van der Waals surface area contributed by atoms with Gasteiger partial charge in [0.15, 0.2) is 5.60 Å². The summed E-state index contributed by atoms with van der Waals surface area (Å²) in [5.74, 6) is -0.714. The van der Waals surface area contributed by atoms with E-state index >= 15 is 0 Å². The standard InChI is InChI=1S/C15H20N2O4/c1-15(2)14(20)17(8-7-16(3)4)11-6-5-10(13(18)19)9-12(11)21-15/h5-6,9H,7-8H2,1-4H3,(H,18,19). The average molecular weight is 292 g/mol. The van der Waals surface area contributed by atoms with Gasteiger partial charge in [-0.25, -0.2) is 4.79 Å². The van der Waals surface area contributed by atoms with Crippen LogP contribution in [0.5, 0.6) is 5.75 Å². The van der Waals surface area contributed by atoms with Gasteiger partial charge in [0.05, 0.1) is 11.3 Å². The summed E-state index contributed by atoms with van der Waals surface area (Å²) in [6, 6.07) is 4.58. The lowest BCUT2D eigenvalue weighted by atomic mass is 10.0. The maximum atomic E-state index is 12.5. The Balaban J connectivity index is 2.42. The third-order valence-electron chi connectivity index (χ3n) is 3.39. The molecule has 0 atom stereocenters. The SMILES string of the molecule is CN(C)CCN1C(=O)C(C)(C)Oc2cc(C(=O)O)ccc21. The molecule has 1 N–H and O–H groups in total. The molecule has 0 fully saturated rings. The van der Waals surface area contributed by atoms with Crippen molar-refractivity contribution < 1.29 is 19.4 Å². The Morgan fingerprint density at radius 1 is 1.38 bits per heavy atom. The van der Waals surface area contributed by atoms with Gasteiger partial charge in [-0.1, -0.05) is 0 Å². The first-order valence-electron chi connectivity index (χ1n) is 6.75. The number of hydrogen-bond acceptors (Lipinski definition) is 4. The molecule has 6 nitrogen and oxygen atoms in total. The van der Waals surface area contributed by atoms with Gasteiger partial charge in [0.1, 0.15) is 5.75 Å². The average Bonchev–Trinajstić information content (AvgIpc) is 2.38. The second-order valence-corrected chi connectivity index (χ2v) is 5.86. The number of benzene rings is 1. The van der Waals surface area contributed by atoms with Gasteiger partial charge >= 0.3 is 5.97 Å². The molecule has 1 aromatic carbocycles. The molecule has 0 bridgehead atoms. The number of ether oxygens (including phenoxy) is 1. The number of nitrogens with zero attached hydrogens (tertiary/aromatic N) is 2. The first kappa shape index (κ1) is 15.3. The van der Waals surface area contributed by atoms with Gasteiger partial charge in [-0.3, -0.25) is 4.79 Å². The number of carboxylic acid groups (broad SMARTS) is 1. The minimum atomic E-state index is -1.02. The number of hydrogen-bond donors (Lipinski definition) is 1. The summed E-state index contributed by atoms with van der Waals surface area (Å²) in [5, 5.41) is 9.07. The quantitative estimate of drug-likeness (QED) is 0.909. The van der Waals surface area contributed by atoms with E-state index in [0.29, 0.717) is 24.5 Å². The third kappa shape index (κ3) is 3.00. The van der Waals surface area contributed by atoms with Gasteiger partial charge in [-0.05, 0) is 46.1 Å². The highest BCUT2D eigenvalue weighted by Gasteiger charge is 2.40. The van der Waals surface area contributed by atoms with E-state index in [4.69, 9.17) is 9.84 Å². The maximum absolute atomic E-state index is 12.5. The molecular weight excluding hydrogens is 272 g/mol. The van der Waals surface area contributed by atoms with Crippen LogP contribution in [0.2, 0.25) is 0 Å². The van der Waals surface area contributed by atoms with Crippen LogP contribution < -0.4 is 9.64 Å². The van der Waals surface area contributed by atoms with E-state index < -0.39 is 11.6 Å². The Kier molecular flexibility index (Phi) is 3.91. The Morgan fingerprint density at radius 2 is 2.05 bits per heavy atom. The van der Waals surface area contributed by atoms with Crippen molar-refractivity contribution >= 4 is 17.6 Å². The highest BCUT2D eigenvalue weighted by molar-refractivity contribution is 6.03. The van der Waals surface area contributed by atoms with Crippen molar-refractivity contribution in [3.63, 3.8) is 0 Å². The number of rotatable bonds is 4. The van der Waals surface area contributed by atoms with Crippen molar-refractivity contribution in [2.75, 3.05) is 32.1 Å². The number of likely N-dealkylation sites (N-methyl/N-ethyl adjacent to an activating group) is 1. The molecule has 21 heavy (non-hydrogen) atoms. The van der Waals surface area contributed by atoms with E-state index in [1.165, 1.54) is 12.1 Å². The van der Waals surface area contributed by atoms with E-state index in [0.717, 1.165) is 0 Å². The summed E-state index contributed by atoms with van der Waals surface area (Å²) in [6.45, 7) is 4.61. The molecule has 1 aliphatic heterocycles. The summed E-state index contributed by atoms with van der Waals surface area (Å²) in [5.41, 5.74) is -0.242.